The lowest BCUT2D eigenvalue weighted by molar-refractivity contribution is -0.137. The number of nitrogens with zero attached hydrogens (tertiary/aromatic N) is 4. The molecule has 0 unspecified atom stereocenters. The number of fused-ring (bicyclic) bond motifs is 1. The molecule has 1 aromatic carbocycles. The molecule has 8 heteroatoms. The summed E-state index contributed by atoms with van der Waals surface area (Å²) < 4.78 is 38.9. The van der Waals surface area contributed by atoms with E-state index < -0.39 is 11.7 Å². The maximum absolute atomic E-state index is 13.0. The number of amides is 1. The van der Waals surface area contributed by atoms with E-state index in [4.69, 9.17) is 0 Å². The van der Waals surface area contributed by atoms with Gasteiger partial charge in [0.25, 0.3) is 0 Å². The normalized spacial score (nSPS) is 18.8. The highest BCUT2D eigenvalue weighted by Crippen LogP contribution is 2.33. The van der Waals surface area contributed by atoms with Crippen molar-refractivity contribution >= 4 is 22.5 Å². The average molecular weight is 392 g/mol. The summed E-state index contributed by atoms with van der Waals surface area (Å²) >= 11 is 0. The number of piperazine rings is 1. The van der Waals surface area contributed by atoms with Gasteiger partial charge in [-0.25, -0.2) is 0 Å². The number of rotatable bonds is 3. The van der Waals surface area contributed by atoms with Gasteiger partial charge in [0.1, 0.15) is 0 Å². The van der Waals surface area contributed by atoms with Gasteiger partial charge in [0.05, 0.1) is 17.6 Å². The van der Waals surface area contributed by atoms with E-state index in [0.29, 0.717) is 12.1 Å². The van der Waals surface area contributed by atoms with E-state index in [1.807, 2.05) is 11.0 Å². The molecule has 0 N–H and O–H groups in total. The Kier molecular flexibility index (Phi) is 5.14. The lowest BCUT2D eigenvalue weighted by atomic mass is 10.1. The lowest BCUT2D eigenvalue weighted by Gasteiger charge is -2.36. The molecule has 0 bridgehead atoms. The maximum Gasteiger partial charge on any atom is 0.416 e. The van der Waals surface area contributed by atoms with Crippen molar-refractivity contribution in [1.82, 2.24) is 14.8 Å². The summed E-state index contributed by atoms with van der Waals surface area (Å²) in [7, 11) is 0. The topological polar surface area (TPSA) is 39.7 Å². The van der Waals surface area contributed by atoms with Crippen LogP contribution in [0.15, 0.2) is 30.5 Å². The fraction of sp³-hybridized carbons (Fsp3) is 0.500. The minimum atomic E-state index is -4.38. The minimum Gasteiger partial charge on any atom is -0.368 e. The Balaban J connectivity index is 1.44. The van der Waals surface area contributed by atoms with Crippen LogP contribution in [-0.2, 0) is 11.0 Å². The first kappa shape index (κ1) is 19.0. The van der Waals surface area contributed by atoms with E-state index in [1.165, 1.54) is 6.07 Å². The van der Waals surface area contributed by atoms with E-state index in [9.17, 15) is 18.0 Å². The number of anilines is 1. The number of pyridine rings is 1. The first-order chi connectivity index (χ1) is 13.4. The maximum atomic E-state index is 13.0. The summed E-state index contributed by atoms with van der Waals surface area (Å²) in [5, 5.41) is 0.720. The van der Waals surface area contributed by atoms with Gasteiger partial charge in [-0.3, -0.25) is 14.7 Å². The predicted molar refractivity (Wildman–Crippen MR) is 101 cm³/mol. The number of carbonyl (C=O) groups is 1. The van der Waals surface area contributed by atoms with Crippen molar-refractivity contribution in [3.8, 4) is 0 Å². The van der Waals surface area contributed by atoms with Crippen molar-refractivity contribution < 1.29 is 18.0 Å². The molecule has 2 aliphatic heterocycles. The molecule has 0 atom stereocenters. The number of hydrogen-bond acceptors (Lipinski definition) is 4. The minimum absolute atomic E-state index is 0.194. The molecule has 28 heavy (non-hydrogen) atoms. The molecule has 0 saturated carbocycles. The number of halogens is 3. The van der Waals surface area contributed by atoms with Gasteiger partial charge in [-0.1, -0.05) is 6.07 Å². The summed E-state index contributed by atoms with van der Waals surface area (Å²) in [5.41, 5.74) is 0.554. The smallest absolute Gasteiger partial charge is 0.368 e. The van der Waals surface area contributed by atoms with Crippen LogP contribution in [0.25, 0.3) is 10.9 Å². The Bertz CT molecular complexity index is 856. The van der Waals surface area contributed by atoms with Crippen LogP contribution >= 0.6 is 0 Å². The number of aromatic nitrogens is 1. The molecular formula is C20H23F3N4O. The third-order valence-electron chi connectivity index (χ3n) is 5.58. The SMILES string of the molecule is O=C(CN1CCN(c2ccnc3cc(C(F)(F)F)ccc23)CC1)N1CCCC1. The van der Waals surface area contributed by atoms with E-state index in [1.54, 1.807) is 6.20 Å². The van der Waals surface area contributed by atoms with Crippen molar-refractivity contribution in [1.29, 1.82) is 0 Å². The first-order valence-corrected chi connectivity index (χ1v) is 9.63. The van der Waals surface area contributed by atoms with Crippen molar-refractivity contribution in [3.63, 3.8) is 0 Å². The second kappa shape index (κ2) is 7.58. The fourth-order valence-electron chi connectivity index (χ4n) is 3.99. The highest BCUT2D eigenvalue weighted by molar-refractivity contribution is 5.92. The summed E-state index contributed by atoms with van der Waals surface area (Å²) in [5.74, 6) is 0.194. The monoisotopic (exact) mass is 392 g/mol. The summed E-state index contributed by atoms with van der Waals surface area (Å²) in [6.07, 6.45) is -0.643. The van der Waals surface area contributed by atoms with Crippen LogP contribution in [0, 0.1) is 0 Å². The van der Waals surface area contributed by atoms with Gasteiger partial charge in [-0.15, -0.1) is 0 Å². The van der Waals surface area contributed by atoms with Gasteiger partial charge in [0.2, 0.25) is 5.91 Å². The number of benzene rings is 1. The quantitative estimate of drug-likeness (QED) is 0.805. The highest BCUT2D eigenvalue weighted by atomic mass is 19.4. The predicted octanol–water partition coefficient (Wildman–Crippen LogP) is 3.00. The zero-order valence-corrected chi connectivity index (χ0v) is 15.6. The first-order valence-electron chi connectivity index (χ1n) is 9.63. The number of carbonyl (C=O) groups excluding carboxylic acids is 1. The zero-order valence-electron chi connectivity index (χ0n) is 15.6. The molecule has 0 radical (unpaired) electrons. The van der Waals surface area contributed by atoms with E-state index in [0.717, 1.165) is 75.3 Å². The average Bonchev–Trinajstić information content (AvgIpc) is 3.22. The van der Waals surface area contributed by atoms with E-state index >= 15 is 0 Å². The van der Waals surface area contributed by atoms with Crippen LogP contribution in [0.2, 0.25) is 0 Å². The van der Waals surface area contributed by atoms with Crippen molar-refractivity contribution in [3.05, 3.63) is 36.0 Å². The van der Waals surface area contributed by atoms with Crippen LogP contribution < -0.4 is 4.90 Å². The Hall–Kier alpha value is -2.35. The van der Waals surface area contributed by atoms with Gasteiger partial charge < -0.3 is 9.80 Å². The number of alkyl halides is 3. The molecule has 150 valence electrons. The summed E-state index contributed by atoms with van der Waals surface area (Å²) in [6, 6.07) is 5.56. The molecule has 0 spiro atoms. The van der Waals surface area contributed by atoms with E-state index in [2.05, 4.69) is 14.8 Å². The largest absolute Gasteiger partial charge is 0.416 e. The van der Waals surface area contributed by atoms with Gasteiger partial charge in [-0.05, 0) is 31.0 Å². The van der Waals surface area contributed by atoms with Crippen LogP contribution in [0.1, 0.15) is 18.4 Å². The molecule has 3 heterocycles. The molecule has 2 aromatic rings. The molecule has 1 aromatic heterocycles. The van der Waals surface area contributed by atoms with Crippen molar-refractivity contribution in [2.75, 3.05) is 50.7 Å². The van der Waals surface area contributed by atoms with Gasteiger partial charge in [0.15, 0.2) is 0 Å². The Morgan fingerprint density at radius 3 is 2.39 bits per heavy atom. The summed E-state index contributed by atoms with van der Waals surface area (Å²) in [6.45, 7) is 5.14. The van der Waals surface area contributed by atoms with Crippen LogP contribution in [0.5, 0.6) is 0 Å². The molecule has 5 nitrogen and oxygen atoms in total. The standard InChI is InChI=1S/C20H23F3N4O/c21-20(22,23)15-3-4-16-17(13-15)24-6-5-18(16)26-11-9-25(10-12-26)14-19(28)27-7-1-2-8-27/h3-6,13H,1-2,7-12,14H2. The molecule has 2 fully saturated rings. The molecule has 1 amide bonds. The molecule has 0 aliphatic carbocycles. The third kappa shape index (κ3) is 3.92. The Labute approximate surface area is 161 Å². The zero-order chi connectivity index (χ0) is 19.7. The van der Waals surface area contributed by atoms with Crippen molar-refractivity contribution in [2.24, 2.45) is 0 Å². The highest BCUT2D eigenvalue weighted by Gasteiger charge is 2.31. The Morgan fingerprint density at radius 2 is 1.71 bits per heavy atom. The van der Waals surface area contributed by atoms with Gasteiger partial charge in [0, 0.05) is 56.5 Å². The van der Waals surface area contributed by atoms with Gasteiger partial charge in [-0.2, -0.15) is 13.2 Å². The number of likely N-dealkylation sites (tertiary alicyclic amines) is 1. The molecule has 4 rings (SSSR count). The molecular weight excluding hydrogens is 369 g/mol. The fourth-order valence-corrected chi connectivity index (χ4v) is 3.99. The van der Waals surface area contributed by atoms with Crippen molar-refractivity contribution in [2.45, 2.75) is 19.0 Å². The van der Waals surface area contributed by atoms with Gasteiger partial charge >= 0.3 is 6.18 Å². The second-order valence-electron chi connectivity index (χ2n) is 7.41. The van der Waals surface area contributed by atoms with Crippen LogP contribution in [0.4, 0.5) is 18.9 Å². The lowest BCUT2D eigenvalue weighted by Crippen LogP contribution is -2.49. The van der Waals surface area contributed by atoms with E-state index in [-0.39, 0.29) is 5.91 Å². The van der Waals surface area contributed by atoms with Crippen LogP contribution in [-0.4, -0.2) is 66.5 Å². The third-order valence-corrected chi connectivity index (χ3v) is 5.58. The molecule has 2 aliphatic rings. The molecule has 2 saturated heterocycles. The second-order valence-corrected chi connectivity index (χ2v) is 7.41. The summed E-state index contributed by atoms with van der Waals surface area (Å²) in [4.78, 5) is 22.7. The number of hydrogen-bond donors (Lipinski definition) is 0. The Morgan fingerprint density at radius 1 is 1.00 bits per heavy atom. The van der Waals surface area contributed by atoms with Crippen LogP contribution in [0.3, 0.4) is 0 Å².